The molecule has 0 spiro atoms. The number of ether oxygens (including phenoxy) is 2. The van der Waals surface area contributed by atoms with Crippen LogP contribution in [0.5, 0.6) is 0 Å². The molecule has 1 atom stereocenters. The molecule has 0 bridgehead atoms. The van der Waals surface area contributed by atoms with Gasteiger partial charge in [-0.25, -0.2) is 4.79 Å². The van der Waals surface area contributed by atoms with Crippen LogP contribution in [0.4, 0.5) is 4.79 Å². The number of hydrogen-bond acceptors (Lipinski definition) is 4. The van der Waals surface area contributed by atoms with Crippen LogP contribution >= 0.6 is 0 Å². The molecule has 1 unspecified atom stereocenters. The van der Waals surface area contributed by atoms with Crippen molar-refractivity contribution >= 4 is 20.1 Å². The maximum atomic E-state index is 12.0. The number of amides is 1. The van der Waals surface area contributed by atoms with E-state index >= 15 is 0 Å². The largest absolute Gasteiger partial charge is 0.468 e. The van der Waals surface area contributed by atoms with Crippen LogP contribution in [0.15, 0.2) is 0 Å². The van der Waals surface area contributed by atoms with Crippen molar-refractivity contribution in [3.63, 3.8) is 0 Å². The second-order valence-corrected chi connectivity index (χ2v) is 13.1. The average Bonchev–Trinajstić information content (AvgIpc) is 2.20. The first kappa shape index (κ1) is 19.0. The molecule has 1 amide bonds. The number of carbonyl (C=O) groups is 2. The van der Waals surface area contributed by atoms with E-state index in [1.54, 1.807) is 20.8 Å². The van der Waals surface area contributed by atoms with E-state index in [4.69, 9.17) is 9.47 Å². The number of carbonyl (C=O) groups excluding carboxylic acids is 2. The van der Waals surface area contributed by atoms with Gasteiger partial charge in [-0.1, -0.05) is 33.9 Å². The van der Waals surface area contributed by atoms with Crippen LogP contribution in [0.2, 0.25) is 18.1 Å². The van der Waals surface area contributed by atoms with Crippen molar-refractivity contribution in [3.8, 4) is 0 Å². The summed E-state index contributed by atoms with van der Waals surface area (Å²) in [5, 5.41) is 2.63. The van der Waals surface area contributed by atoms with Gasteiger partial charge >= 0.3 is 12.1 Å². The van der Waals surface area contributed by atoms with E-state index in [9.17, 15) is 9.59 Å². The Morgan fingerprint density at radius 3 is 1.80 bits per heavy atom. The van der Waals surface area contributed by atoms with Crippen LogP contribution in [0, 0.1) is 0 Å². The van der Waals surface area contributed by atoms with Gasteiger partial charge in [0.25, 0.3) is 0 Å². The molecule has 6 heteroatoms. The standard InChI is InChI=1S/C14H29NO4Si/c1-13(2,3)19-12(17)15-10(11(16)18-7)20(8,9)14(4,5)6/h10H,1-9H3,(H,15,17). The van der Waals surface area contributed by atoms with Gasteiger partial charge in [-0.3, -0.25) is 4.79 Å². The molecule has 0 rings (SSSR count). The summed E-state index contributed by atoms with van der Waals surface area (Å²) in [5.74, 6) is -0.414. The summed E-state index contributed by atoms with van der Waals surface area (Å²) < 4.78 is 10.1. The number of rotatable bonds is 3. The Hall–Kier alpha value is -1.04. The average molecular weight is 303 g/mol. The highest BCUT2D eigenvalue weighted by Gasteiger charge is 2.47. The van der Waals surface area contributed by atoms with Gasteiger partial charge in [-0.2, -0.15) is 0 Å². The molecule has 0 aliphatic carbocycles. The second-order valence-electron chi connectivity index (χ2n) is 7.57. The van der Waals surface area contributed by atoms with E-state index in [0.29, 0.717) is 0 Å². The lowest BCUT2D eigenvalue weighted by Gasteiger charge is -2.41. The first-order valence-corrected chi connectivity index (χ1v) is 9.87. The smallest absolute Gasteiger partial charge is 0.408 e. The minimum atomic E-state index is -2.14. The van der Waals surface area contributed by atoms with Crippen molar-refractivity contribution in [3.05, 3.63) is 0 Å². The topological polar surface area (TPSA) is 64.6 Å². The molecule has 1 N–H and O–H groups in total. The van der Waals surface area contributed by atoms with Crippen molar-refractivity contribution in [2.24, 2.45) is 0 Å². The highest BCUT2D eigenvalue weighted by atomic mass is 28.3. The van der Waals surface area contributed by atoms with Gasteiger partial charge in [-0.05, 0) is 25.8 Å². The Labute approximate surface area is 123 Å². The quantitative estimate of drug-likeness (QED) is 0.643. The number of methoxy groups -OCH3 is 1. The maximum Gasteiger partial charge on any atom is 0.408 e. The highest BCUT2D eigenvalue weighted by molar-refractivity contribution is 6.84. The molecular weight excluding hydrogens is 274 g/mol. The molecule has 20 heavy (non-hydrogen) atoms. The zero-order valence-corrected chi connectivity index (χ0v) is 15.2. The number of hydrogen-bond donors (Lipinski definition) is 1. The Bertz CT molecular complexity index is 366. The number of nitrogens with one attached hydrogen (secondary N) is 1. The van der Waals surface area contributed by atoms with Crippen LogP contribution in [0.1, 0.15) is 41.5 Å². The van der Waals surface area contributed by atoms with E-state index in [1.165, 1.54) is 7.11 Å². The van der Waals surface area contributed by atoms with Crippen LogP contribution in [0.3, 0.4) is 0 Å². The summed E-state index contributed by atoms with van der Waals surface area (Å²) in [7, 11) is -0.810. The lowest BCUT2D eigenvalue weighted by atomic mass is 10.2. The molecule has 0 aromatic rings. The summed E-state index contributed by atoms with van der Waals surface area (Å²) >= 11 is 0. The molecule has 0 aliphatic heterocycles. The third kappa shape index (κ3) is 5.15. The SMILES string of the molecule is COC(=O)C(NC(=O)OC(C)(C)C)[Si](C)(C)C(C)(C)C. The normalized spacial score (nSPS) is 14.4. The monoisotopic (exact) mass is 303 g/mol. The predicted molar refractivity (Wildman–Crippen MR) is 82.4 cm³/mol. The summed E-state index contributed by atoms with van der Waals surface area (Å²) in [5.41, 5.74) is -1.24. The first-order chi connectivity index (χ1) is 8.72. The molecule has 118 valence electrons. The van der Waals surface area contributed by atoms with Crippen molar-refractivity contribution < 1.29 is 19.1 Å². The molecule has 0 fully saturated rings. The van der Waals surface area contributed by atoms with Crippen LogP contribution in [0.25, 0.3) is 0 Å². The van der Waals surface area contributed by atoms with Gasteiger partial charge in [0.2, 0.25) is 0 Å². The van der Waals surface area contributed by atoms with Gasteiger partial charge in [0, 0.05) is 0 Å². The lowest BCUT2D eigenvalue weighted by molar-refractivity contribution is -0.141. The highest BCUT2D eigenvalue weighted by Crippen LogP contribution is 2.38. The van der Waals surface area contributed by atoms with Crippen LogP contribution in [-0.4, -0.2) is 38.5 Å². The summed E-state index contributed by atoms with van der Waals surface area (Å²) in [6.45, 7) is 15.7. The van der Waals surface area contributed by atoms with Crippen LogP contribution in [-0.2, 0) is 14.3 Å². The van der Waals surface area contributed by atoms with Crippen molar-refractivity contribution in [2.45, 2.75) is 70.9 Å². The summed E-state index contributed by atoms with van der Waals surface area (Å²) in [6, 6.07) is 0. The minimum Gasteiger partial charge on any atom is -0.468 e. The zero-order valence-electron chi connectivity index (χ0n) is 14.2. The van der Waals surface area contributed by atoms with E-state index in [0.717, 1.165) is 0 Å². The van der Waals surface area contributed by atoms with Crippen molar-refractivity contribution in [2.75, 3.05) is 7.11 Å². The Kier molecular flexibility index (Phi) is 5.84. The third-order valence-corrected chi connectivity index (χ3v) is 9.44. The second kappa shape index (κ2) is 6.16. The fourth-order valence-corrected chi connectivity index (χ4v) is 3.56. The number of alkyl carbamates (subject to hydrolysis) is 1. The Morgan fingerprint density at radius 2 is 1.50 bits per heavy atom. The molecule has 0 saturated carbocycles. The predicted octanol–water partition coefficient (Wildman–Crippen LogP) is 3.10. The molecular formula is C14H29NO4Si. The fraction of sp³-hybridized carbons (Fsp3) is 0.857. The fourth-order valence-electron chi connectivity index (χ4n) is 1.51. The third-order valence-electron chi connectivity index (χ3n) is 3.75. The first-order valence-electron chi connectivity index (χ1n) is 6.79. The molecule has 5 nitrogen and oxygen atoms in total. The van der Waals surface area contributed by atoms with E-state index in [2.05, 4.69) is 39.2 Å². The van der Waals surface area contributed by atoms with Gasteiger partial charge < -0.3 is 14.8 Å². The van der Waals surface area contributed by atoms with Gasteiger partial charge in [0.1, 0.15) is 11.3 Å². The van der Waals surface area contributed by atoms with Crippen LogP contribution < -0.4 is 5.32 Å². The molecule has 0 saturated heterocycles. The molecule has 0 heterocycles. The molecule has 0 aromatic heterocycles. The molecule has 0 radical (unpaired) electrons. The molecule has 0 aliphatic rings. The van der Waals surface area contributed by atoms with Gasteiger partial charge in [0.05, 0.1) is 15.2 Å². The van der Waals surface area contributed by atoms with Gasteiger partial charge in [0.15, 0.2) is 0 Å². The summed E-state index contributed by atoms with van der Waals surface area (Å²) in [4.78, 5) is 24.0. The lowest BCUT2D eigenvalue weighted by Crippen LogP contribution is -2.62. The van der Waals surface area contributed by atoms with E-state index in [1.807, 2.05) is 0 Å². The minimum absolute atomic E-state index is 0.0686. The van der Waals surface area contributed by atoms with Gasteiger partial charge in [-0.15, -0.1) is 0 Å². The summed E-state index contributed by atoms with van der Waals surface area (Å²) in [6.07, 6.45) is -0.585. The van der Waals surface area contributed by atoms with E-state index < -0.39 is 31.4 Å². The van der Waals surface area contributed by atoms with Crippen molar-refractivity contribution in [1.82, 2.24) is 5.32 Å². The number of esters is 1. The Morgan fingerprint density at radius 1 is 1.05 bits per heavy atom. The van der Waals surface area contributed by atoms with Crippen molar-refractivity contribution in [1.29, 1.82) is 0 Å². The van der Waals surface area contributed by atoms with E-state index in [-0.39, 0.29) is 5.04 Å². The maximum absolute atomic E-state index is 12.0. The molecule has 0 aromatic carbocycles. The Balaban J connectivity index is 5.21. The zero-order chi connectivity index (χ0) is 16.4.